The minimum atomic E-state index is -3.86. The van der Waals surface area contributed by atoms with E-state index >= 15 is 0 Å². The highest BCUT2D eigenvalue weighted by atomic mass is 32.2. The first-order chi connectivity index (χ1) is 15.2. The third kappa shape index (κ3) is 4.42. The van der Waals surface area contributed by atoms with Gasteiger partial charge in [-0.15, -0.1) is 0 Å². The van der Waals surface area contributed by atoms with Gasteiger partial charge in [-0.1, -0.05) is 5.16 Å². The summed E-state index contributed by atoms with van der Waals surface area (Å²) in [6.07, 6.45) is 3.70. The summed E-state index contributed by atoms with van der Waals surface area (Å²) in [7, 11) is -3.86. The summed E-state index contributed by atoms with van der Waals surface area (Å²) in [5, 5.41) is 6.40. The Morgan fingerprint density at radius 1 is 1.16 bits per heavy atom. The maximum Gasteiger partial charge on any atom is 0.264 e. The van der Waals surface area contributed by atoms with Crippen molar-refractivity contribution in [3.63, 3.8) is 0 Å². The number of carbonyl (C=O) groups excluding carboxylic acids is 1. The minimum Gasteiger partial charge on any atom is -0.480 e. The van der Waals surface area contributed by atoms with Crippen LogP contribution in [0.3, 0.4) is 0 Å². The average molecular weight is 455 g/mol. The van der Waals surface area contributed by atoms with Gasteiger partial charge in [0.2, 0.25) is 5.88 Å². The van der Waals surface area contributed by atoms with Gasteiger partial charge in [0, 0.05) is 23.6 Å². The molecule has 4 aromatic rings. The molecule has 0 unspecified atom stereocenters. The van der Waals surface area contributed by atoms with E-state index in [1.807, 2.05) is 23.7 Å². The van der Waals surface area contributed by atoms with Crippen LogP contribution < -0.4 is 14.8 Å². The van der Waals surface area contributed by atoms with Crippen LogP contribution in [0.1, 0.15) is 17.0 Å². The molecule has 0 spiro atoms. The molecule has 1 amide bonds. The molecule has 3 aromatic heterocycles. The van der Waals surface area contributed by atoms with Crippen LogP contribution in [0.4, 0.5) is 11.6 Å². The van der Waals surface area contributed by atoms with Gasteiger partial charge in [0.1, 0.15) is 0 Å². The van der Waals surface area contributed by atoms with E-state index in [0.29, 0.717) is 28.3 Å². The molecule has 0 aliphatic carbocycles. The summed E-state index contributed by atoms with van der Waals surface area (Å²) in [5.74, 6) is 0.165. The quantitative estimate of drug-likeness (QED) is 0.438. The van der Waals surface area contributed by atoms with Gasteiger partial charge >= 0.3 is 0 Å². The summed E-state index contributed by atoms with van der Waals surface area (Å²) in [6.45, 7) is 5.07. The van der Waals surface area contributed by atoms with Gasteiger partial charge in [0.05, 0.1) is 16.3 Å². The number of anilines is 2. The Morgan fingerprint density at radius 3 is 2.59 bits per heavy atom. The number of nitrogens with zero attached hydrogens (tertiary/aromatic N) is 3. The number of benzene rings is 1. The second-order valence-electron chi connectivity index (χ2n) is 7.17. The van der Waals surface area contributed by atoms with Crippen molar-refractivity contribution in [3.8, 4) is 5.75 Å². The monoisotopic (exact) mass is 455 g/mol. The van der Waals surface area contributed by atoms with Crippen molar-refractivity contribution in [1.82, 2.24) is 14.5 Å². The predicted octanol–water partition coefficient (Wildman–Crippen LogP) is 3.07. The fourth-order valence-corrected chi connectivity index (χ4v) is 4.02. The molecular weight excluding hydrogens is 434 g/mol. The van der Waals surface area contributed by atoms with Gasteiger partial charge < -0.3 is 19.0 Å². The molecule has 2 N–H and O–H groups in total. The zero-order valence-electron chi connectivity index (χ0n) is 17.6. The number of ether oxygens (including phenoxy) is 1. The van der Waals surface area contributed by atoms with E-state index in [1.165, 1.54) is 24.3 Å². The normalized spacial score (nSPS) is 11.5. The van der Waals surface area contributed by atoms with Crippen LogP contribution in [0, 0.1) is 20.8 Å². The van der Waals surface area contributed by atoms with Crippen LogP contribution in [-0.2, 0) is 14.8 Å². The topological polar surface area (TPSA) is 128 Å². The molecule has 3 heterocycles. The highest BCUT2D eigenvalue weighted by Gasteiger charge is 2.19. The summed E-state index contributed by atoms with van der Waals surface area (Å²) in [5.41, 5.74) is 3.10. The predicted molar refractivity (Wildman–Crippen MR) is 117 cm³/mol. The van der Waals surface area contributed by atoms with E-state index in [1.54, 1.807) is 26.0 Å². The Balaban J connectivity index is 1.38. The maximum absolute atomic E-state index is 12.6. The third-order valence-electron chi connectivity index (χ3n) is 4.76. The Kier molecular flexibility index (Phi) is 5.57. The standard InChI is InChI=1S/C21H21N5O5S/c1-13-11-26-10-4-5-18(20(26)22-13)30-12-19(27)23-16-6-8-17(9-7-16)32(28,29)25-21-14(2)15(3)24-31-21/h4-11,25H,12H2,1-3H3,(H,23,27). The van der Waals surface area contributed by atoms with Gasteiger partial charge in [-0.2, -0.15) is 0 Å². The average Bonchev–Trinajstić information content (AvgIpc) is 3.29. The van der Waals surface area contributed by atoms with Gasteiger partial charge in [-0.25, -0.2) is 18.1 Å². The molecule has 0 saturated heterocycles. The summed E-state index contributed by atoms with van der Waals surface area (Å²) >= 11 is 0. The number of amides is 1. The number of aryl methyl sites for hydroxylation is 2. The Labute approximate surface area is 184 Å². The number of nitrogens with one attached hydrogen (secondary N) is 2. The zero-order chi connectivity index (χ0) is 22.9. The van der Waals surface area contributed by atoms with Crippen molar-refractivity contribution in [1.29, 1.82) is 0 Å². The van der Waals surface area contributed by atoms with Crippen molar-refractivity contribution in [3.05, 3.63) is 65.7 Å². The number of hydrogen-bond donors (Lipinski definition) is 2. The first-order valence-corrected chi connectivity index (χ1v) is 11.1. The van der Waals surface area contributed by atoms with Crippen LogP contribution >= 0.6 is 0 Å². The molecule has 11 heteroatoms. The number of sulfonamides is 1. The molecule has 0 aliphatic rings. The van der Waals surface area contributed by atoms with Crippen molar-refractivity contribution in [2.45, 2.75) is 25.7 Å². The Hall–Kier alpha value is -3.86. The maximum atomic E-state index is 12.6. The molecule has 0 saturated carbocycles. The van der Waals surface area contributed by atoms with E-state index in [2.05, 4.69) is 20.2 Å². The largest absolute Gasteiger partial charge is 0.480 e. The SMILES string of the molecule is Cc1cn2cccc(OCC(=O)Nc3ccc(S(=O)(=O)Nc4onc(C)c4C)cc3)c2n1. The van der Waals surface area contributed by atoms with Crippen molar-refractivity contribution < 1.29 is 22.5 Å². The highest BCUT2D eigenvalue weighted by Crippen LogP contribution is 2.23. The number of fused-ring (bicyclic) bond motifs is 1. The minimum absolute atomic E-state index is 0.0153. The lowest BCUT2D eigenvalue weighted by molar-refractivity contribution is -0.118. The fourth-order valence-electron chi connectivity index (χ4n) is 2.97. The molecule has 10 nitrogen and oxygen atoms in total. The van der Waals surface area contributed by atoms with Crippen LogP contribution in [0.2, 0.25) is 0 Å². The fraction of sp³-hybridized carbons (Fsp3) is 0.190. The van der Waals surface area contributed by atoms with E-state index < -0.39 is 15.9 Å². The van der Waals surface area contributed by atoms with E-state index in [4.69, 9.17) is 9.26 Å². The van der Waals surface area contributed by atoms with Crippen molar-refractivity contribution >= 4 is 33.1 Å². The van der Waals surface area contributed by atoms with E-state index in [-0.39, 0.29) is 17.4 Å². The van der Waals surface area contributed by atoms with Crippen molar-refractivity contribution in [2.24, 2.45) is 0 Å². The third-order valence-corrected chi connectivity index (χ3v) is 6.11. The first-order valence-electron chi connectivity index (χ1n) is 9.65. The molecule has 0 atom stereocenters. The van der Waals surface area contributed by atoms with Crippen LogP contribution in [0.5, 0.6) is 5.75 Å². The number of aromatic nitrogens is 3. The number of hydrogen-bond acceptors (Lipinski definition) is 7. The lowest BCUT2D eigenvalue weighted by atomic mass is 10.3. The van der Waals surface area contributed by atoms with E-state index in [9.17, 15) is 13.2 Å². The molecule has 0 aliphatic heterocycles. The molecule has 4 rings (SSSR count). The summed E-state index contributed by atoms with van der Waals surface area (Å²) < 4.78 is 39.9. The second-order valence-corrected chi connectivity index (χ2v) is 8.86. The van der Waals surface area contributed by atoms with Gasteiger partial charge in [-0.3, -0.25) is 4.79 Å². The molecule has 0 bridgehead atoms. The van der Waals surface area contributed by atoms with Crippen LogP contribution in [0.25, 0.3) is 5.65 Å². The first kappa shape index (κ1) is 21.4. The highest BCUT2D eigenvalue weighted by molar-refractivity contribution is 7.92. The summed E-state index contributed by atoms with van der Waals surface area (Å²) in [6, 6.07) is 9.28. The van der Waals surface area contributed by atoms with Crippen molar-refractivity contribution in [2.75, 3.05) is 16.6 Å². The molecular formula is C21H21N5O5S. The van der Waals surface area contributed by atoms with Gasteiger partial charge in [-0.05, 0) is 57.2 Å². The number of imidazole rings is 1. The molecule has 0 radical (unpaired) electrons. The van der Waals surface area contributed by atoms with Gasteiger partial charge in [0.15, 0.2) is 18.0 Å². The smallest absolute Gasteiger partial charge is 0.264 e. The zero-order valence-corrected chi connectivity index (χ0v) is 18.4. The summed E-state index contributed by atoms with van der Waals surface area (Å²) in [4.78, 5) is 16.7. The number of carbonyl (C=O) groups is 1. The number of pyridine rings is 1. The van der Waals surface area contributed by atoms with E-state index in [0.717, 1.165) is 5.69 Å². The Morgan fingerprint density at radius 2 is 1.91 bits per heavy atom. The molecule has 166 valence electrons. The second kappa shape index (κ2) is 8.35. The lowest BCUT2D eigenvalue weighted by Gasteiger charge is -2.09. The lowest BCUT2D eigenvalue weighted by Crippen LogP contribution is -2.20. The molecule has 1 aromatic carbocycles. The van der Waals surface area contributed by atoms with Gasteiger partial charge in [0.25, 0.3) is 15.9 Å². The van der Waals surface area contributed by atoms with Crippen LogP contribution in [-0.4, -0.2) is 35.5 Å². The molecule has 0 fully saturated rings. The molecule has 32 heavy (non-hydrogen) atoms. The van der Waals surface area contributed by atoms with Crippen LogP contribution in [0.15, 0.2) is 58.2 Å². The number of rotatable bonds is 7. The Bertz CT molecular complexity index is 1390.